The van der Waals surface area contributed by atoms with Gasteiger partial charge in [0.2, 0.25) is 0 Å². The smallest absolute Gasteiger partial charge is 0.191 e. The maximum atomic E-state index is 10.4. The quantitative estimate of drug-likeness (QED) is 0.402. The van der Waals surface area contributed by atoms with E-state index in [4.69, 9.17) is 28.6 Å². The highest BCUT2D eigenvalue weighted by atomic mass is 35.5. The van der Waals surface area contributed by atoms with Crippen molar-refractivity contribution in [3.8, 4) is 11.5 Å². The normalized spacial score (nSPS) is 30.0. The van der Waals surface area contributed by atoms with Crippen LogP contribution in [-0.2, 0) is 0 Å². The van der Waals surface area contributed by atoms with Crippen molar-refractivity contribution in [1.82, 2.24) is 10.6 Å². The second-order valence-electron chi connectivity index (χ2n) is 9.26. The lowest BCUT2D eigenvalue weighted by Gasteiger charge is -2.59. The van der Waals surface area contributed by atoms with E-state index in [9.17, 15) is 5.11 Å². The molecule has 0 aromatic heterocycles. The van der Waals surface area contributed by atoms with Crippen LogP contribution < -0.4 is 15.4 Å². The van der Waals surface area contributed by atoms with Crippen LogP contribution in [0.4, 0.5) is 0 Å². The second kappa shape index (κ2) is 7.93. The van der Waals surface area contributed by atoms with Gasteiger partial charge in [-0.15, -0.1) is 0 Å². The van der Waals surface area contributed by atoms with Gasteiger partial charge < -0.3 is 20.5 Å². The van der Waals surface area contributed by atoms with E-state index >= 15 is 0 Å². The van der Waals surface area contributed by atoms with Crippen LogP contribution in [0.25, 0.3) is 0 Å². The minimum Gasteiger partial charge on any atom is -0.506 e. The van der Waals surface area contributed by atoms with Crippen LogP contribution in [0.5, 0.6) is 11.5 Å². The zero-order chi connectivity index (χ0) is 22.6. The molecule has 3 aliphatic rings. The summed E-state index contributed by atoms with van der Waals surface area (Å²) < 4.78 is 6.88. The number of benzene rings is 3. The van der Waals surface area contributed by atoms with E-state index in [1.54, 1.807) is 6.07 Å². The van der Waals surface area contributed by atoms with Crippen LogP contribution in [-0.4, -0.2) is 15.9 Å². The standard InChI is InChI=1S/C27H25ClN2O2S/c28-21-14-18-23(15-22(21)31)32-27-19(24(18)16-8-3-1-4-9-16)12-7-13-20(27)25(29-26(33)30-27)17-10-5-2-6-11-17/h1-6,8-11,14-15,19-20,24-25,31H,7,12-13H2,(H2,29,30,33)/t19-,20+,24-,25-,27-/m0/s1. The van der Waals surface area contributed by atoms with Crippen LogP contribution in [0.2, 0.25) is 5.02 Å². The molecule has 0 bridgehead atoms. The molecule has 2 heterocycles. The SMILES string of the molecule is Oc1cc2c(cc1Cl)[C@H](c1ccccc1)[C@@H]1CCC[C@@H]3[C@H](c4ccccc4)NC(=S)N[C@@]31O2. The van der Waals surface area contributed by atoms with Gasteiger partial charge in [-0.3, -0.25) is 0 Å². The Bertz CT molecular complexity index is 1210. The molecule has 2 fully saturated rings. The number of ether oxygens (including phenoxy) is 1. The molecule has 3 aromatic rings. The summed E-state index contributed by atoms with van der Waals surface area (Å²) in [6.45, 7) is 0. The predicted molar refractivity (Wildman–Crippen MR) is 134 cm³/mol. The summed E-state index contributed by atoms with van der Waals surface area (Å²) in [5.41, 5.74) is 2.75. The first-order chi connectivity index (χ1) is 16.1. The summed E-state index contributed by atoms with van der Waals surface area (Å²) in [5, 5.41) is 18.5. The van der Waals surface area contributed by atoms with E-state index in [2.05, 4.69) is 59.2 Å². The minimum atomic E-state index is -0.686. The average molecular weight is 477 g/mol. The van der Waals surface area contributed by atoms with Crippen LogP contribution >= 0.6 is 23.8 Å². The fraction of sp³-hybridized carbons (Fsp3) is 0.296. The van der Waals surface area contributed by atoms with Crippen LogP contribution in [0.1, 0.15) is 47.9 Å². The molecule has 0 radical (unpaired) electrons. The summed E-state index contributed by atoms with van der Waals surface area (Å²) in [5.74, 6) is 1.07. The molecule has 168 valence electrons. The lowest BCUT2D eigenvalue weighted by Crippen LogP contribution is -2.73. The van der Waals surface area contributed by atoms with Crippen molar-refractivity contribution < 1.29 is 9.84 Å². The van der Waals surface area contributed by atoms with Gasteiger partial charge in [0.05, 0.1) is 11.1 Å². The van der Waals surface area contributed by atoms with Gasteiger partial charge in [-0.05, 0) is 42.3 Å². The molecule has 6 rings (SSSR count). The molecule has 5 atom stereocenters. The van der Waals surface area contributed by atoms with Crippen LogP contribution in [0.3, 0.4) is 0 Å². The number of hydrogen-bond donors (Lipinski definition) is 3. The number of aromatic hydroxyl groups is 1. The largest absolute Gasteiger partial charge is 0.506 e. The lowest BCUT2D eigenvalue weighted by molar-refractivity contribution is -0.120. The van der Waals surface area contributed by atoms with Gasteiger partial charge in [0.1, 0.15) is 11.5 Å². The molecule has 1 saturated heterocycles. The number of nitrogens with one attached hydrogen (secondary N) is 2. The molecule has 3 aromatic carbocycles. The van der Waals surface area contributed by atoms with Crippen LogP contribution in [0, 0.1) is 11.8 Å². The summed E-state index contributed by atoms with van der Waals surface area (Å²) in [6, 6.07) is 24.6. The van der Waals surface area contributed by atoms with Gasteiger partial charge in [0.25, 0.3) is 0 Å². The Balaban J connectivity index is 1.55. The summed E-state index contributed by atoms with van der Waals surface area (Å²) in [7, 11) is 0. The Hall–Kier alpha value is -2.76. The maximum absolute atomic E-state index is 10.4. The van der Waals surface area contributed by atoms with Gasteiger partial charge in [-0.25, -0.2) is 0 Å². The molecule has 33 heavy (non-hydrogen) atoms. The van der Waals surface area contributed by atoms with Crippen molar-refractivity contribution in [3.63, 3.8) is 0 Å². The molecular weight excluding hydrogens is 452 g/mol. The zero-order valence-electron chi connectivity index (χ0n) is 18.0. The van der Waals surface area contributed by atoms with Crippen molar-refractivity contribution in [2.75, 3.05) is 0 Å². The summed E-state index contributed by atoms with van der Waals surface area (Å²) in [4.78, 5) is 0. The Labute approximate surface area is 203 Å². The molecule has 6 heteroatoms. The number of rotatable bonds is 2. The lowest BCUT2D eigenvalue weighted by atomic mass is 9.60. The molecule has 4 nitrogen and oxygen atoms in total. The molecule has 1 spiro atoms. The third kappa shape index (κ3) is 3.29. The fourth-order valence-corrected chi connectivity index (χ4v) is 6.70. The Kier molecular flexibility index (Phi) is 5.00. The number of halogens is 1. The van der Waals surface area contributed by atoms with Crippen molar-refractivity contribution in [1.29, 1.82) is 0 Å². The molecule has 2 aliphatic heterocycles. The van der Waals surface area contributed by atoms with E-state index < -0.39 is 5.72 Å². The summed E-state index contributed by atoms with van der Waals surface area (Å²) in [6.07, 6.45) is 3.12. The van der Waals surface area contributed by atoms with Gasteiger partial charge in [0.15, 0.2) is 10.8 Å². The van der Waals surface area contributed by atoms with Crippen LogP contribution in [0.15, 0.2) is 72.8 Å². The number of hydrogen-bond acceptors (Lipinski definition) is 3. The summed E-state index contributed by atoms with van der Waals surface area (Å²) >= 11 is 12.1. The van der Waals surface area contributed by atoms with E-state index in [1.165, 1.54) is 11.1 Å². The third-order valence-corrected chi connectivity index (χ3v) is 8.07. The van der Waals surface area contributed by atoms with E-state index in [1.807, 2.05) is 18.2 Å². The number of thiocarbonyl (C=S) groups is 1. The Morgan fingerprint density at radius 1 is 0.939 bits per heavy atom. The van der Waals surface area contributed by atoms with Gasteiger partial charge >= 0.3 is 0 Å². The highest BCUT2D eigenvalue weighted by Gasteiger charge is 2.60. The van der Waals surface area contributed by atoms with Crippen molar-refractivity contribution >= 4 is 28.9 Å². The number of phenolic OH excluding ortho intramolecular Hbond substituents is 1. The third-order valence-electron chi connectivity index (χ3n) is 7.54. The average Bonchev–Trinajstić information content (AvgIpc) is 2.83. The predicted octanol–water partition coefficient (Wildman–Crippen LogP) is 5.90. The Morgan fingerprint density at radius 2 is 1.61 bits per heavy atom. The van der Waals surface area contributed by atoms with Crippen molar-refractivity contribution in [2.24, 2.45) is 11.8 Å². The fourth-order valence-electron chi connectivity index (χ4n) is 6.24. The van der Waals surface area contributed by atoms with Crippen molar-refractivity contribution in [2.45, 2.75) is 36.9 Å². The molecular formula is C27H25ClN2O2S. The molecule has 3 N–H and O–H groups in total. The zero-order valence-corrected chi connectivity index (χ0v) is 19.6. The maximum Gasteiger partial charge on any atom is 0.191 e. The highest BCUT2D eigenvalue weighted by molar-refractivity contribution is 7.80. The van der Waals surface area contributed by atoms with E-state index in [0.29, 0.717) is 15.9 Å². The van der Waals surface area contributed by atoms with Gasteiger partial charge in [0, 0.05) is 29.4 Å². The van der Waals surface area contributed by atoms with Gasteiger partial charge in [-0.2, -0.15) is 0 Å². The highest BCUT2D eigenvalue weighted by Crippen LogP contribution is 2.58. The first-order valence-electron chi connectivity index (χ1n) is 11.5. The molecule has 1 aliphatic carbocycles. The first-order valence-corrected chi connectivity index (χ1v) is 12.3. The molecule has 1 saturated carbocycles. The second-order valence-corrected chi connectivity index (χ2v) is 10.1. The minimum absolute atomic E-state index is 0.0283. The molecule has 0 amide bonds. The van der Waals surface area contributed by atoms with Gasteiger partial charge in [-0.1, -0.05) is 78.7 Å². The first kappa shape index (κ1) is 20.8. The number of fused-ring (bicyclic) bond motifs is 1. The molecule has 0 unspecified atom stereocenters. The number of phenols is 1. The monoisotopic (exact) mass is 476 g/mol. The van der Waals surface area contributed by atoms with Crippen molar-refractivity contribution in [3.05, 3.63) is 94.5 Å². The topological polar surface area (TPSA) is 53.5 Å². The Morgan fingerprint density at radius 3 is 2.33 bits per heavy atom. The van der Waals surface area contributed by atoms with E-state index in [0.717, 1.165) is 24.8 Å². The van der Waals surface area contributed by atoms with E-state index in [-0.39, 0.29) is 29.5 Å².